The molecule has 2 aromatic rings. The molecule has 148 valence electrons. The van der Waals surface area contributed by atoms with E-state index in [1.54, 1.807) is 12.3 Å². The van der Waals surface area contributed by atoms with E-state index >= 15 is 0 Å². The summed E-state index contributed by atoms with van der Waals surface area (Å²) in [5, 5.41) is 14.9. The SMILES string of the molecule is COc1cc(OC)c([N+](=O)[O-])cc1/C=N\NC(=O)c1cccn(C(C)C)c1=O. The van der Waals surface area contributed by atoms with Gasteiger partial charge in [0, 0.05) is 29.9 Å². The van der Waals surface area contributed by atoms with E-state index in [-0.39, 0.29) is 34.4 Å². The average Bonchev–Trinajstić information content (AvgIpc) is 2.67. The molecule has 1 N–H and O–H groups in total. The number of nitro benzene ring substituents is 1. The zero-order valence-electron chi connectivity index (χ0n) is 15.8. The number of amides is 1. The molecule has 1 aromatic carbocycles. The largest absolute Gasteiger partial charge is 0.496 e. The van der Waals surface area contributed by atoms with Crippen molar-refractivity contribution in [1.29, 1.82) is 0 Å². The average molecular weight is 388 g/mol. The van der Waals surface area contributed by atoms with Gasteiger partial charge in [0.05, 0.1) is 25.4 Å². The standard InChI is InChI=1S/C18H20N4O6/c1-11(2)21-7-5-6-13(18(21)24)17(23)20-19-10-12-8-14(22(25)26)16(28-4)9-15(12)27-3/h5-11H,1-4H3,(H,20,23)/b19-10-. The van der Waals surface area contributed by atoms with E-state index in [0.717, 1.165) is 0 Å². The molecule has 28 heavy (non-hydrogen) atoms. The number of hydrogen-bond donors (Lipinski definition) is 1. The van der Waals surface area contributed by atoms with Gasteiger partial charge in [-0.1, -0.05) is 0 Å². The first-order valence-electron chi connectivity index (χ1n) is 8.25. The molecule has 0 bridgehead atoms. The Balaban J connectivity index is 2.29. The lowest BCUT2D eigenvalue weighted by Crippen LogP contribution is -2.31. The van der Waals surface area contributed by atoms with Crippen molar-refractivity contribution in [2.24, 2.45) is 5.10 Å². The van der Waals surface area contributed by atoms with Crippen LogP contribution in [-0.2, 0) is 0 Å². The van der Waals surface area contributed by atoms with E-state index in [1.807, 2.05) is 13.8 Å². The highest BCUT2D eigenvalue weighted by Gasteiger charge is 2.19. The number of carbonyl (C=O) groups excluding carboxylic acids is 1. The molecule has 0 fully saturated rings. The van der Waals surface area contributed by atoms with Crippen molar-refractivity contribution in [2.45, 2.75) is 19.9 Å². The summed E-state index contributed by atoms with van der Waals surface area (Å²) in [6.07, 6.45) is 2.78. The monoisotopic (exact) mass is 388 g/mol. The Morgan fingerprint density at radius 3 is 2.54 bits per heavy atom. The molecule has 1 aromatic heterocycles. The Morgan fingerprint density at radius 1 is 1.29 bits per heavy atom. The van der Waals surface area contributed by atoms with Gasteiger partial charge in [0.25, 0.3) is 11.5 Å². The maximum atomic E-state index is 12.3. The van der Waals surface area contributed by atoms with Crippen LogP contribution in [0.4, 0.5) is 5.69 Å². The van der Waals surface area contributed by atoms with Crippen LogP contribution < -0.4 is 20.5 Å². The number of nitro groups is 1. The van der Waals surface area contributed by atoms with E-state index in [0.29, 0.717) is 0 Å². The number of nitrogens with zero attached hydrogens (tertiary/aromatic N) is 3. The molecule has 1 heterocycles. The number of pyridine rings is 1. The Hall–Kier alpha value is -3.69. The first kappa shape index (κ1) is 20.6. The van der Waals surface area contributed by atoms with E-state index in [1.165, 1.54) is 43.2 Å². The van der Waals surface area contributed by atoms with Crippen LogP contribution in [0.2, 0.25) is 0 Å². The lowest BCUT2D eigenvalue weighted by Gasteiger charge is -2.10. The molecule has 1 amide bonds. The summed E-state index contributed by atoms with van der Waals surface area (Å²) in [6, 6.07) is 5.44. The molecular weight excluding hydrogens is 368 g/mol. The lowest BCUT2D eigenvalue weighted by atomic mass is 10.1. The van der Waals surface area contributed by atoms with Crippen molar-refractivity contribution >= 4 is 17.8 Å². The molecule has 0 saturated carbocycles. The van der Waals surface area contributed by atoms with Crippen molar-refractivity contribution in [3.63, 3.8) is 0 Å². The zero-order chi connectivity index (χ0) is 20.8. The van der Waals surface area contributed by atoms with Crippen LogP contribution in [0.3, 0.4) is 0 Å². The number of rotatable bonds is 7. The normalized spacial score (nSPS) is 10.9. The van der Waals surface area contributed by atoms with Crippen LogP contribution in [0.1, 0.15) is 35.8 Å². The molecule has 2 rings (SSSR count). The molecule has 0 spiro atoms. The highest BCUT2D eigenvalue weighted by molar-refractivity contribution is 5.95. The summed E-state index contributed by atoms with van der Waals surface area (Å²) >= 11 is 0. The van der Waals surface area contributed by atoms with Crippen molar-refractivity contribution in [3.05, 3.63) is 62.1 Å². The number of hydrazone groups is 1. The first-order valence-corrected chi connectivity index (χ1v) is 8.25. The number of aromatic nitrogens is 1. The molecule has 0 aliphatic carbocycles. The third-order valence-electron chi connectivity index (χ3n) is 3.87. The minimum atomic E-state index is -0.696. The second-order valence-corrected chi connectivity index (χ2v) is 5.95. The van der Waals surface area contributed by atoms with Gasteiger partial charge in [-0.15, -0.1) is 0 Å². The third kappa shape index (κ3) is 4.34. The Kier molecular flexibility index (Phi) is 6.48. The molecule has 10 nitrogen and oxygen atoms in total. The second-order valence-electron chi connectivity index (χ2n) is 5.95. The fourth-order valence-electron chi connectivity index (χ4n) is 2.46. The molecular formula is C18H20N4O6. The molecule has 0 atom stereocenters. The van der Waals surface area contributed by atoms with Crippen LogP contribution in [0.5, 0.6) is 11.5 Å². The minimum Gasteiger partial charge on any atom is -0.496 e. The summed E-state index contributed by atoms with van der Waals surface area (Å²) in [5.74, 6) is -0.401. The maximum absolute atomic E-state index is 12.3. The third-order valence-corrected chi connectivity index (χ3v) is 3.87. The number of carbonyl (C=O) groups is 1. The van der Waals surface area contributed by atoms with E-state index < -0.39 is 16.4 Å². The van der Waals surface area contributed by atoms with Crippen molar-refractivity contribution < 1.29 is 19.2 Å². The molecule has 0 unspecified atom stereocenters. The lowest BCUT2D eigenvalue weighted by molar-refractivity contribution is -0.385. The number of nitrogens with one attached hydrogen (secondary N) is 1. The van der Waals surface area contributed by atoms with Gasteiger partial charge in [0.1, 0.15) is 11.3 Å². The van der Waals surface area contributed by atoms with Crippen LogP contribution >= 0.6 is 0 Å². The Bertz CT molecular complexity index is 981. The Labute approximate surface area is 160 Å². The second kappa shape index (κ2) is 8.80. The van der Waals surface area contributed by atoms with E-state index in [4.69, 9.17) is 9.47 Å². The topological polar surface area (TPSA) is 125 Å². The predicted octanol–water partition coefficient (Wildman–Crippen LogP) is 2.12. The van der Waals surface area contributed by atoms with Crippen molar-refractivity contribution in [2.75, 3.05) is 14.2 Å². The number of benzene rings is 1. The van der Waals surface area contributed by atoms with Crippen LogP contribution in [0, 0.1) is 10.1 Å². The summed E-state index contributed by atoms with van der Waals surface area (Å²) in [5.41, 5.74) is 1.71. The van der Waals surface area contributed by atoms with Crippen molar-refractivity contribution in [3.8, 4) is 11.5 Å². The fourth-order valence-corrected chi connectivity index (χ4v) is 2.46. The highest BCUT2D eigenvalue weighted by atomic mass is 16.6. The summed E-state index contributed by atoms with van der Waals surface area (Å²) < 4.78 is 11.6. The number of hydrogen-bond acceptors (Lipinski definition) is 7. The van der Waals surface area contributed by atoms with Crippen molar-refractivity contribution in [1.82, 2.24) is 9.99 Å². The van der Waals surface area contributed by atoms with Gasteiger partial charge in [-0.2, -0.15) is 5.10 Å². The van der Waals surface area contributed by atoms with Crippen LogP contribution in [-0.4, -0.2) is 35.8 Å². The van der Waals surface area contributed by atoms with E-state index in [9.17, 15) is 19.7 Å². The van der Waals surface area contributed by atoms with Gasteiger partial charge >= 0.3 is 5.69 Å². The van der Waals surface area contributed by atoms with Gasteiger partial charge in [-0.3, -0.25) is 19.7 Å². The van der Waals surface area contributed by atoms with Gasteiger partial charge < -0.3 is 14.0 Å². The van der Waals surface area contributed by atoms with Gasteiger partial charge in [-0.25, -0.2) is 5.43 Å². The smallest absolute Gasteiger partial charge is 0.311 e. The summed E-state index contributed by atoms with van der Waals surface area (Å²) in [7, 11) is 2.69. The first-order chi connectivity index (χ1) is 13.3. The summed E-state index contributed by atoms with van der Waals surface area (Å²) in [4.78, 5) is 35.1. The van der Waals surface area contributed by atoms with Gasteiger partial charge in [0.15, 0.2) is 0 Å². The molecule has 0 aliphatic heterocycles. The van der Waals surface area contributed by atoms with E-state index in [2.05, 4.69) is 10.5 Å². The quantitative estimate of drug-likeness (QED) is 0.440. The van der Waals surface area contributed by atoms with Gasteiger partial charge in [0.2, 0.25) is 5.75 Å². The molecule has 0 saturated heterocycles. The summed E-state index contributed by atoms with van der Waals surface area (Å²) in [6.45, 7) is 3.65. The molecule has 0 radical (unpaired) electrons. The zero-order valence-corrected chi connectivity index (χ0v) is 15.8. The van der Waals surface area contributed by atoms with Crippen LogP contribution in [0.25, 0.3) is 0 Å². The number of methoxy groups -OCH3 is 2. The molecule has 0 aliphatic rings. The van der Waals surface area contributed by atoms with Crippen LogP contribution in [0.15, 0.2) is 40.4 Å². The minimum absolute atomic E-state index is 0.0292. The van der Waals surface area contributed by atoms with Gasteiger partial charge in [-0.05, 0) is 26.0 Å². The maximum Gasteiger partial charge on any atom is 0.311 e. The number of ether oxygens (including phenoxy) is 2. The fraction of sp³-hybridized carbons (Fsp3) is 0.278. The Morgan fingerprint density at radius 2 is 1.96 bits per heavy atom. The predicted molar refractivity (Wildman–Crippen MR) is 102 cm³/mol. The highest BCUT2D eigenvalue weighted by Crippen LogP contribution is 2.33. The molecule has 10 heteroatoms.